The van der Waals surface area contributed by atoms with Crippen LogP contribution in [-0.4, -0.2) is 53.7 Å². The van der Waals surface area contributed by atoms with Crippen molar-refractivity contribution in [3.8, 4) is 0 Å². The fraction of sp³-hybridized carbons (Fsp3) is 0.538. The van der Waals surface area contributed by atoms with Gasteiger partial charge in [-0.15, -0.1) is 0 Å². The highest BCUT2D eigenvalue weighted by Crippen LogP contribution is 2.13. The van der Waals surface area contributed by atoms with E-state index in [9.17, 15) is 4.79 Å². The average molecular weight is 249 g/mol. The lowest BCUT2D eigenvalue weighted by Crippen LogP contribution is -2.48. The fourth-order valence-corrected chi connectivity index (χ4v) is 2.17. The summed E-state index contributed by atoms with van der Waals surface area (Å²) in [7, 11) is 0. The van der Waals surface area contributed by atoms with Crippen LogP contribution in [0.4, 0.5) is 5.82 Å². The highest BCUT2D eigenvalue weighted by atomic mass is 16.4. The van der Waals surface area contributed by atoms with Gasteiger partial charge in [0.25, 0.3) is 0 Å². The van der Waals surface area contributed by atoms with E-state index in [1.807, 2.05) is 18.2 Å². The Labute approximate surface area is 107 Å². The Morgan fingerprint density at radius 3 is 2.67 bits per heavy atom. The number of pyridine rings is 1. The average Bonchev–Trinajstić information content (AvgIpc) is 2.40. The molecule has 1 saturated heterocycles. The van der Waals surface area contributed by atoms with Crippen LogP contribution in [-0.2, 0) is 4.79 Å². The fourth-order valence-electron chi connectivity index (χ4n) is 2.17. The second kappa shape index (κ2) is 5.82. The molecule has 0 bridgehead atoms. The van der Waals surface area contributed by atoms with Gasteiger partial charge in [0.1, 0.15) is 5.82 Å². The van der Waals surface area contributed by atoms with E-state index in [0.29, 0.717) is 6.54 Å². The Hall–Kier alpha value is -1.62. The maximum atomic E-state index is 10.8. The number of nitrogens with zero attached hydrogens (tertiary/aromatic N) is 3. The largest absolute Gasteiger partial charge is 0.481 e. The molecule has 5 heteroatoms. The molecule has 1 N–H and O–H groups in total. The minimum atomic E-state index is -0.720. The van der Waals surface area contributed by atoms with Crippen molar-refractivity contribution in [1.29, 1.82) is 0 Å². The number of carboxylic acid groups (broad SMARTS) is 1. The zero-order chi connectivity index (χ0) is 13.0. The second-order valence-corrected chi connectivity index (χ2v) is 4.71. The Kier molecular flexibility index (Phi) is 4.15. The molecule has 1 aromatic heterocycles. The minimum absolute atomic E-state index is 0.300. The van der Waals surface area contributed by atoms with E-state index in [0.717, 1.165) is 32.0 Å². The summed E-state index contributed by atoms with van der Waals surface area (Å²) >= 11 is 0. The summed E-state index contributed by atoms with van der Waals surface area (Å²) in [4.78, 5) is 19.6. The van der Waals surface area contributed by atoms with E-state index in [-0.39, 0.29) is 5.92 Å². The zero-order valence-corrected chi connectivity index (χ0v) is 10.6. The van der Waals surface area contributed by atoms with Crippen LogP contribution >= 0.6 is 0 Å². The van der Waals surface area contributed by atoms with E-state index in [1.54, 1.807) is 13.1 Å². The summed E-state index contributed by atoms with van der Waals surface area (Å²) in [6.07, 6.45) is 1.80. The number of carboxylic acids is 1. The van der Waals surface area contributed by atoms with Crippen molar-refractivity contribution < 1.29 is 9.90 Å². The molecule has 98 valence electrons. The Bertz CT molecular complexity index is 388. The first kappa shape index (κ1) is 12.8. The summed E-state index contributed by atoms with van der Waals surface area (Å²) < 4.78 is 0. The molecule has 18 heavy (non-hydrogen) atoms. The molecule has 0 aromatic carbocycles. The van der Waals surface area contributed by atoms with Gasteiger partial charge in [-0.05, 0) is 12.1 Å². The first-order chi connectivity index (χ1) is 8.66. The van der Waals surface area contributed by atoms with Gasteiger partial charge in [0.2, 0.25) is 0 Å². The van der Waals surface area contributed by atoms with Gasteiger partial charge in [-0.1, -0.05) is 13.0 Å². The van der Waals surface area contributed by atoms with Gasteiger partial charge in [0.15, 0.2) is 0 Å². The summed E-state index contributed by atoms with van der Waals surface area (Å²) in [6, 6.07) is 5.91. The van der Waals surface area contributed by atoms with E-state index in [4.69, 9.17) is 5.11 Å². The first-order valence-corrected chi connectivity index (χ1v) is 6.28. The molecule has 5 nitrogen and oxygen atoms in total. The molecule has 0 saturated carbocycles. The Morgan fingerprint density at radius 2 is 2.11 bits per heavy atom. The molecule has 1 fully saturated rings. The lowest BCUT2D eigenvalue weighted by Gasteiger charge is -2.36. The molecule has 1 atom stereocenters. The molecule has 0 aliphatic carbocycles. The van der Waals surface area contributed by atoms with Crippen LogP contribution in [0.25, 0.3) is 0 Å². The van der Waals surface area contributed by atoms with Gasteiger partial charge < -0.3 is 10.0 Å². The summed E-state index contributed by atoms with van der Waals surface area (Å²) in [6.45, 7) is 5.99. The quantitative estimate of drug-likeness (QED) is 0.860. The highest BCUT2D eigenvalue weighted by Gasteiger charge is 2.21. The van der Waals surface area contributed by atoms with Crippen molar-refractivity contribution in [1.82, 2.24) is 9.88 Å². The topological polar surface area (TPSA) is 56.7 Å². The standard InChI is InChI=1S/C13H19N3O2/c1-11(13(17)18)10-15-6-8-16(9-7-15)12-4-2-3-5-14-12/h2-5,11H,6-10H2,1H3,(H,17,18)/t11-/m0/s1. The maximum absolute atomic E-state index is 10.8. The van der Waals surface area contributed by atoms with Crippen LogP contribution in [0.1, 0.15) is 6.92 Å². The van der Waals surface area contributed by atoms with Crippen LogP contribution in [0.15, 0.2) is 24.4 Å². The predicted molar refractivity (Wildman–Crippen MR) is 69.7 cm³/mol. The number of aliphatic carboxylic acids is 1. The van der Waals surface area contributed by atoms with Gasteiger partial charge in [-0.2, -0.15) is 0 Å². The zero-order valence-electron chi connectivity index (χ0n) is 10.6. The highest BCUT2D eigenvalue weighted by molar-refractivity contribution is 5.69. The number of aromatic nitrogens is 1. The second-order valence-electron chi connectivity index (χ2n) is 4.71. The third-order valence-electron chi connectivity index (χ3n) is 3.30. The van der Waals surface area contributed by atoms with Crippen LogP contribution < -0.4 is 4.90 Å². The number of piperazine rings is 1. The molecule has 1 aliphatic heterocycles. The smallest absolute Gasteiger partial charge is 0.307 e. The molecular weight excluding hydrogens is 230 g/mol. The molecule has 2 heterocycles. The monoisotopic (exact) mass is 249 g/mol. The number of hydrogen-bond donors (Lipinski definition) is 1. The lowest BCUT2D eigenvalue weighted by atomic mass is 10.1. The lowest BCUT2D eigenvalue weighted by molar-refractivity contribution is -0.141. The minimum Gasteiger partial charge on any atom is -0.481 e. The third-order valence-corrected chi connectivity index (χ3v) is 3.30. The molecule has 1 aromatic rings. The van der Waals surface area contributed by atoms with Crippen molar-refractivity contribution in [2.24, 2.45) is 5.92 Å². The molecule has 0 amide bonds. The van der Waals surface area contributed by atoms with Crippen molar-refractivity contribution in [3.05, 3.63) is 24.4 Å². The van der Waals surface area contributed by atoms with Crippen molar-refractivity contribution >= 4 is 11.8 Å². The third kappa shape index (κ3) is 3.20. The number of rotatable bonds is 4. The number of hydrogen-bond acceptors (Lipinski definition) is 4. The van der Waals surface area contributed by atoms with Crippen molar-refractivity contribution in [3.63, 3.8) is 0 Å². The Balaban J connectivity index is 1.83. The first-order valence-electron chi connectivity index (χ1n) is 6.28. The van der Waals surface area contributed by atoms with Gasteiger partial charge in [0, 0.05) is 38.9 Å². The molecule has 2 rings (SSSR count). The summed E-state index contributed by atoms with van der Waals surface area (Å²) in [5, 5.41) is 8.90. The van der Waals surface area contributed by atoms with E-state index >= 15 is 0 Å². The number of anilines is 1. The number of carbonyl (C=O) groups is 1. The summed E-state index contributed by atoms with van der Waals surface area (Å²) in [5.74, 6) is -0.0167. The van der Waals surface area contributed by atoms with Gasteiger partial charge in [-0.3, -0.25) is 9.69 Å². The van der Waals surface area contributed by atoms with Crippen molar-refractivity contribution in [2.75, 3.05) is 37.6 Å². The Morgan fingerprint density at radius 1 is 1.39 bits per heavy atom. The van der Waals surface area contributed by atoms with Gasteiger partial charge in [0.05, 0.1) is 5.92 Å². The van der Waals surface area contributed by atoms with Crippen molar-refractivity contribution in [2.45, 2.75) is 6.92 Å². The van der Waals surface area contributed by atoms with E-state index in [2.05, 4.69) is 14.8 Å². The van der Waals surface area contributed by atoms with Crippen LogP contribution in [0, 0.1) is 5.92 Å². The van der Waals surface area contributed by atoms with Crippen LogP contribution in [0.5, 0.6) is 0 Å². The SMILES string of the molecule is C[C@@H](CN1CCN(c2ccccn2)CC1)C(=O)O. The molecular formula is C13H19N3O2. The maximum Gasteiger partial charge on any atom is 0.307 e. The van der Waals surface area contributed by atoms with Crippen LogP contribution in [0.3, 0.4) is 0 Å². The van der Waals surface area contributed by atoms with E-state index < -0.39 is 5.97 Å². The van der Waals surface area contributed by atoms with Gasteiger partial charge in [-0.25, -0.2) is 4.98 Å². The van der Waals surface area contributed by atoms with Gasteiger partial charge >= 0.3 is 5.97 Å². The molecule has 0 spiro atoms. The summed E-state index contributed by atoms with van der Waals surface area (Å²) in [5.41, 5.74) is 0. The molecule has 0 radical (unpaired) electrons. The molecule has 1 aliphatic rings. The van der Waals surface area contributed by atoms with E-state index in [1.165, 1.54) is 0 Å². The van der Waals surface area contributed by atoms with Crippen LogP contribution in [0.2, 0.25) is 0 Å². The molecule has 0 unspecified atom stereocenters. The predicted octanol–water partition coefficient (Wildman–Crippen LogP) is 0.924. The normalized spacial score (nSPS) is 18.6.